The largest absolute Gasteiger partial charge is 0.374 e. The van der Waals surface area contributed by atoms with Gasteiger partial charge in [-0.2, -0.15) is 0 Å². The van der Waals surface area contributed by atoms with Crippen LogP contribution in [0.1, 0.15) is 39.5 Å². The monoisotopic (exact) mass is 228 g/mol. The van der Waals surface area contributed by atoms with E-state index in [0.717, 1.165) is 26.2 Å². The molecule has 3 heteroatoms. The molecular formula is C13H28N2O. The SMILES string of the molecule is CCCCC(NCCC)C1CN(C)CCO1. The Hall–Kier alpha value is -0.120. The summed E-state index contributed by atoms with van der Waals surface area (Å²) in [5.74, 6) is 0. The van der Waals surface area contributed by atoms with Crippen LogP contribution in [0, 0.1) is 0 Å². The summed E-state index contributed by atoms with van der Waals surface area (Å²) < 4.78 is 5.90. The van der Waals surface area contributed by atoms with Gasteiger partial charge in [0, 0.05) is 19.1 Å². The van der Waals surface area contributed by atoms with Gasteiger partial charge in [-0.05, 0) is 26.4 Å². The molecule has 0 spiro atoms. The first-order valence-corrected chi connectivity index (χ1v) is 6.81. The van der Waals surface area contributed by atoms with Gasteiger partial charge in [0.2, 0.25) is 0 Å². The second kappa shape index (κ2) is 8.04. The van der Waals surface area contributed by atoms with E-state index in [1.165, 1.54) is 25.7 Å². The van der Waals surface area contributed by atoms with Crippen LogP contribution in [0.5, 0.6) is 0 Å². The molecule has 2 atom stereocenters. The Morgan fingerprint density at radius 3 is 2.81 bits per heavy atom. The maximum Gasteiger partial charge on any atom is 0.0855 e. The van der Waals surface area contributed by atoms with Crippen LogP contribution in [-0.2, 0) is 4.74 Å². The van der Waals surface area contributed by atoms with Crippen molar-refractivity contribution in [1.82, 2.24) is 10.2 Å². The number of hydrogen-bond acceptors (Lipinski definition) is 3. The molecular weight excluding hydrogens is 200 g/mol. The van der Waals surface area contributed by atoms with E-state index in [1.807, 2.05) is 0 Å². The number of ether oxygens (including phenoxy) is 1. The summed E-state index contributed by atoms with van der Waals surface area (Å²) in [6.07, 6.45) is 5.40. The summed E-state index contributed by atoms with van der Waals surface area (Å²) in [6.45, 7) is 8.62. The smallest absolute Gasteiger partial charge is 0.0855 e. The zero-order valence-corrected chi connectivity index (χ0v) is 11.2. The van der Waals surface area contributed by atoms with Crippen LogP contribution in [-0.4, -0.2) is 50.3 Å². The summed E-state index contributed by atoms with van der Waals surface area (Å²) in [5, 5.41) is 3.64. The average molecular weight is 228 g/mol. The molecule has 1 rings (SSSR count). The molecule has 96 valence electrons. The summed E-state index contributed by atoms with van der Waals surface area (Å²) >= 11 is 0. The van der Waals surface area contributed by atoms with Gasteiger partial charge in [0.1, 0.15) is 0 Å². The number of unbranched alkanes of at least 4 members (excludes halogenated alkanes) is 1. The van der Waals surface area contributed by atoms with Crippen molar-refractivity contribution >= 4 is 0 Å². The molecule has 3 nitrogen and oxygen atoms in total. The van der Waals surface area contributed by atoms with Gasteiger partial charge in [0.25, 0.3) is 0 Å². The lowest BCUT2D eigenvalue weighted by Gasteiger charge is -2.35. The predicted octanol–water partition coefficient (Wildman–Crippen LogP) is 1.88. The van der Waals surface area contributed by atoms with Crippen LogP contribution in [0.25, 0.3) is 0 Å². The van der Waals surface area contributed by atoms with Crippen molar-refractivity contribution in [2.24, 2.45) is 0 Å². The molecule has 0 saturated carbocycles. The van der Waals surface area contributed by atoms with Crippen molar-refractivity contribution in [3.8, 4) is 0 Å². The molecule has 1 aliphatic heterocycles. The first-order valence-electron chi connectivity index (χ1n) is 6.81. The van der Waals surface area contributed by atoms with Crippen LogP contribution in [0.3, 0.4) is 0 Å². The molecule has 1 fully saturated rings. The minimum absolute atomic E-state index is 0.386. The Labute approximate surface area is 101 Å². The third-order valence-corrected chi connectivity index (χ3v) is 3.27. The molecule has 0 aliphatic carbocycles. The Kier molecular flexibility index (Phi) is 7.01. The molecule has 0 aromatic heterocycles. The zero-order chi connectivity index (χ0) is 11.8. The Bertz CT molecular complexity index is 167. The lowest BCUT2D eigenvalue weighted by molar-refractivity contribution is -0.0401. The van der Waals surface area contributed by atoms with Gasteiger partial charge in [0.15, 0.2) is 0 Å². The fraction of sp³-hybridized carbons (Fsp3) is 1.00. The third kappa shape index (κ3) is 4.81. The Morgan fingerprint density at radius 1 is 1.38 bits per heavy atom. The molecule has 0 aromatic carbocycles. The molecule has 1 aliphatic rings. The molecule has 1 N–H and O–H groups in total. The van der Waals surface area contributed by atoms with Gasteiger partial charge < -0.3 is 15.0 Å². The van der Waals surface area contributed by atoms with Crippen LogP contribution in [0.15, 0.2) is 0 Å². The topological polar surface area (TPSA) is 24.5 Å². The average Bonchev–Trinajstić information content (AvgIpc) is 2.29. The van der Waals surface area contributed by atoms with Gasteiger partial charge in [-0.25, -0.2) is 0 Å². The highest BCUT2D eigenvalue weighted by molar-refractivity contribution is 4.82. The van der Waals surface area contributed by atoms with Crippen molar-refractivity contribution in [3.05, 3.63) is 0 Å². The van der Waals surface area contributed by atoms with E-state index in [-0.39, 0.29) is 0 Å². The Balaban J connectivity index is 2.38. The van der Waals surface area contributed by atoms with Crippen LogP contribution < -0.4 is 5.32 Å². The summed E-state index contributed by atoms with van der Waals surface area (Å²) in [7, 11) is 2.19. The van der Waals surface area contributed by atoms with Crippen molar-refractivity contribution in [2.45, 2.75) is 51.7 Å². The van der Waals surface area contributed by atoms with Crippen LogP contribution >= 0.6 is 0 Å². The van der Waals surface area contributed by atoms with Crippen molar-refractivity contribution in [2.75, 3.05) is 33.3 Å². The van der Waals surface area contributed by atoms with Gasteiger partial charge in [0.05, 0.1) is 12.7 Å². The highest BCUT2D eigenvalue weighted by atomic mass is 16.5. The first-order chi connectivity index (χ1) is 7.77. The number of likely N-dealkylation sites (N-methyl/N-ethyl adjacent to an activating group) is 1. The molecule has 0 radical (unpaired) electrons. The van der Waals surface area contributed by atoms with Crippen molar-refractivity contribution < 1.29 is 4.74 Å². The molecule has 1 saturated heterocycles. The maximum atomic E-state index is 5.90. The number of morpholine rings is 1. The van der Waals surface area contributed by atoms with Gasteiger partial charge in [-0.1, -0.05) is 26.7 Å². The highest BCUT2D eigenvalue weighted by Crippen LogP contribution is 2.13. The Morgan fingerprint density at radius 2 is 2.19 bits per heavy atom. The molecule has 1 heterocycles. The van der Waals surface area contributed by atoms with Crippen molar-refractivity contribution in [3.63, 3.8) is 0 Å². The van der Waals surface area contributed by atoms with E-state index in [2.05, 4.69) is 31.1 Å². The van der Waals surface area contributed by atoms with Gasteiger partial charge in [-0.3, -0.25) is 0 Å². The lowest BCUT2D eigenvalue weighted by atomic mass is 10.0. The summed E-state index contributed by atoms with van der Waals surface area (Å²) in [5.41, 5.74) is 0. The predicted molar refractivity (Wildman–Crippen MR) is 68.8 cm³/mol. The van der Waals surface area contributed by atoms with E-state index < -0.39 is 0 Å². The quantitative estimate of drug-likeness (QED) is 0.720. The highest BCUT2D eigenvalue weighted by Gasteiger charge is 2.25. The van der Waals surface area contributed by atoms with Gasteiger partial charge >= 0.3 is 0 Å². The second-order valence-corrected chi connectivity index (χ2v) is 4.87. The van der Waals surface area contributed by atoms with E-state index in [9.17, 15) is 0 Å². The normalized spacial score (nSPS) is 24.6. The molecule has 0 aromatic rings. The van der Waals surface area contributed by atoms with Crippen LogP contribution in [0.4, 0.5) is 0 Å². The number of hydrogen-bond donors (Lipinski definition) is 1. The standard InChI is InChI=1S/C13H28N2O/c1-4-6-7-12(14-8-5-2)13-11-15(3)9-10-16-13/h12-14H,4-11H2,1-3H3. The van der Waals surface area contributed by atoms with E-state index >= 15 is 0 Å². The lowest BCUT2D eigenvalue weighted by Crippen LogP contribution is -2.51. The van der Waals surface area contributed by atoms with E-state index in [4.69, 9.17) is 4.74 Å². The minimum Gasteiger partial charge on any atom is -0.374 e. The molecule has 16 heavy (non-hydrogen) atoms. The van der Waals surface area contributed by atoms with E-state index in [0.29, 0.717) is 12.1 Å². The fourth-order valence-corrected chi connectivity index (χ4v) is 2.23. The fourth-order valence-electron chi connectivity index (χ4n) is 2.23. The van der Waals surface area contributed by atoms with Gasteiger partial charge in [-0.15, -0.1) is 0 Å². The second-order valence-electron chi connectivity index (χ2n) is 4.87. The number of nitrogens with one attached hydrogen (secondary N) is 1. The third-order valence-electron chi connectivity index (χ3n) is 3.27. The molecule has 0 bridgehead atoms. The van der Waals surface area contributed by atoms with Crippen LogP contribution in [0.2, 0.25) is 0 Å². The number of rotatable bonds is 7. The summed E-state index contributed by atoms with van der Waals surface area (Å²) in [6, 6.07) is 0.544. The number of nitrogens with zero attached hydrogens (tertiary/aromatic N) is 1. The molecule has 2 unspecified atom stereocenters. The maximum absolute atomic E-state index is 5.90. The zero-order valence-electron chi connectivity index (χ0n) is 11.2. The minimum atomic E-state index is 0.386. The van der Waals surface area contributed by atoms with E-state index in [1.54, 1.807) is 0 Å². The first kappa shape index (κ1) is 13.9. The van der Waals surface area contributed by atoms with Crippen molar-refractivity contribution in [1.29, 1.82) is 0 Å². The summed E-state index contributed by atoms with van der Waals surface area (Å²) in [4.78, 5) is 2.38. The molecule has 0 amide bonds.